The lowest BCUT2D eigenvalue weighted by atomic mass is 9.87. The average Bonchev–Trinajstić information content (AvgIpc) is 2.44. The topological polar surface area (TPSA) is 58.6 Å². The van der Waals surface area contributed by atoms with Crippen LogP contribution in [0.25, 0.3) is 0 Å². The monoisotopic (exact) mass is 281 g/mol. The first-order chi connectivity index (χ1) is 9.60. The Bertz CT molecular complexity index is 478. The van der Waals surface area contributed by atoms with Crippen molar-refractivity contribution in [3.63, 3.8) is 0 Å². The molecule has 1 amide bonds. The second-order valence-electron chi connectivity index (χ2n) is 5.24. The summed E-state index contributed by atoms with van der Waals surface area (Å²) in [4.78, 5) is 11.9. The highest BCUT2D eigenvalue weighted by molar-refractivity contribution is 5.94. The van der Waals surface area contributed by atoms with Crippen LogP contribution in [0.5, 0.6) is 5.75 Å². The van der Waals surface area contributed by atoms with Gasteiger partial charge in [0.1, 0.15) is 11.6 Å². The molecule has 110 valence electrons. The number of hydrogen-bond acceptors (Lipinski definition) is 3. The van der Waals surface area contributed by atoms with Gasteiger partial charge in [-0.3, -0.25) is 4.79 Å². The zero-order valence-electron chi connectivity index (χ0n) is 11.6. The fourth-order valence-corrected chi connectivity index (χ4v) is 2.59. The molecule has 1 fully saturated rings. The Morgan fingerprint density at radius 2 is 2.30 bits per heavy atom. The minimum Gasteiger partial charge on any atom is -0.497 e. The number of carbonyl (C=O) groups excluding carboxylic acids is 1. The Balaban J connectivity index is 1.91. The van der Waals surface area contributed by atoms with E-state index >= 15 is 0 Å². The Morgan fingerprint density at radius 1 is 1.50 bits per heavy atom. The molecule has 0 radical (unpaired) electrons. The van der Waals surface area contributed by atoms with Crippen LogP contribution in [0, 0.1) is 11.7 Å². The van der Waals surface area contributed by atoms with E-state index in [1.165, 1.54) is 19.2 Å². The third-order valence-corrected chi connectivity index (χ3v) is 3.73. The fraction of sp³-hybridized carbons (Fsp3) is 0.533. The van der Waals surface area contributed by atoms with E-state index in [0.29, 0.717) is 18.7 Å². The summed E-state index contributed by atoms with van der Waals surface area (Å²) in [5.41, 5.74) is 0.0159. The molecule has 5 heteroatoms. The zero-order valence-corrected chi connectivity index (χ0v) is 11.6. The van der Waals surface area contributed by atoms with Crippen LogP contribution in [0.1, 0.15) is 36.0 Å². The molecule has 2 rings (SSSR count). The third-order valence-electron chi connectivity index (χ3n) is 3.73. The summed E-state index contributed by atoms with van der Waals surface area (Å²) >= 11 is 0. The Morgan fingerprint density at radius 3 is 2.95 bits per heavy atom. The summed E-state index contributed by atoms with van der Waals surface area (Å²) in [5.74, 6) is -0.366. The molecule has 1 aliphatic rings. The number of ether oxygens (including phenoxy) is 1. The molecular formula is C15H20FNO3. The van der Waals surface area contributed by atoms with Gasteiger partial charge in [-0.15, -0.1) is 0 Å². The molecule has 4 nitrogen and oxygen atoms in total. The van der Waals surface area contributed by atoms with Gasteiger partial charge in [-0.1, -0.05) is 6.42 Å². The lowest BCUT2D eigenvalue weighted by Gasteiger charge is -2.25. The van der Waals surface area contributed by atoms with Crippen LogP contribution in [0.3, 0.4) is 0 Å². The number of amides is 1. The lowest BCUT2D eigenvalue weighted by molar-refractivity contribution is 0.0871. The highest BCUT2D eigenvalue weighted by atomic mass is 19.1. The van der Waals surface area contributed by atoms with Gasteiger partial charge in [-0.2, -0.15) is 0 Å². The molecule has 20 heavy (non-hydrogen) atoms. The van der Waals surface area contributed by atoms with Gasteiger partial charge in [0, 0.05) is 12.6 Å². The molecule has 0 aromatic heterocycles. The van der Waals surface area contributed by atoms with E-state index in [1.807, 2.05) is 0 Å². The largest absolute Gasteiger partial charge is 0.497 e. The number of nitrogens with one attached hydrogen (secondary N) is 1. The molecule has 2 atom stereocenters. The second kappa shape index (κ2) is 6.70. The van der Waals surface area contributed by atoms with Crippen molar-refractivity contribution >= 4 is 5.91 Å². The predicted octanol–water partition coefficient (Wildman–Crippen LogP) is 2.12. The van der Waals surface area contributed by atoms with Crippen molar-refractivity contribution < 1.29 is 19.0 Å². The molecule has 1 aromatic rings. The average molecular weight is 281 g/mol. The number of aliphatic hydroxyl groups excluding tert-OH is 1. The Kier molecular flexibility index (Phi) is 4.95. The van der Waals surface area contributed by atoms with Gasteiger partial charge in [0.25, 0.3) is 5.91 Å². The van der Waals surface area contributed by atoms with E-state index in [0.717, 1.165) is 19.3 Å². The highest BCUT2D eigenvalue weighted by Gasteiger charge is 2.21. The normalized spacial score (nSPS) is 22.4. The number of hydrogen-bond donors (Lipinski definition) is 2. The zero-order chi connectivity index (χ0) is 14.5. The van der Waals surface area contributed by atoms with E-state index < -0.39 is 11.7 Å². The lowest BCUT2D eigenvalue weighted by Crippen LogP contribution is -2.33. The minimum absolute atomic E-state index is 0.0159. The van der Waals surface area contributed by atoms with Gasteiger partial charge in [-0.05, 0) is 37.3 Å². The summed E-state index contributed by atoms with van der Waals surface area (Å²) in [7, 11) is 1.45. The smallest absolute Gasteiger partial charge is 0.254 e. The summed E-state index contributed by atoms with van der Waals surface area (Å²) in [5, 5.41) is 12.3. The van der Waals surface area contributed by atoms with Crippen molar-refractivity contribution in [2.24, 2.45) is 5.92 Å². The van der Waals surface area contributed by atoms with Gasteiger partial charge in [0.15, 0.2) is 0 Å². The Labute approximate surface area is 117 Å². The molecule has 2 N–H and O–H groups in total. The third kappa shape index (κ3) is 3.70. The van der Waals surface area contributed by atoms with E-state index in [9.17, 15) is 14.3 Å². The number of rotatable bonds is 4. The van der Waals surface area contributed by atoms with Crippen LogP contribution >= 0.6 is 0 Å². The molecule has 0 aliphatic heterocycles. The molecule has 0 saturated heterocycles. The summed E-state index contributed by atoms with van der Waals surface area (Å²) in [6.07, 6.45) is 3.22. The number of halogens is 1. The van der Waals surface area contributed by atoms with E-state index in [1.54, 1.807) is 6.07 Å². The van der Waals surface area contributed by atoms with E-state index in [4.69, 9.17) is 4.74 Å². The molecule has 0 spiro atoms. The summed E-state index contributed by atoms with van der Waals surface area (Å²) in [6.45, 7) is 0.474. The number of methoxy groups -OCH3 is 1. The van der Waals surface area contributed by atoms with Gasteiger partial charge in [-0.25, -0.2) is 4.39 Å². The molecule has 0 heterocycles. The van der Waals surface area contributed by atoms with Crippen LogP contribution in [0.4, 0.5) is 4.39 Å². The maximum absolute atomic E-state index is 13.7. The highest BCUT2D eigenvalue weighted by Crippen LogP contribution is 2.23. The number of aliphatic hydroxyl groups is 1. The second-order valence-corrected chi connectivity index (χ2v) is 5.24. The first-order valence-electron chi connectivity index (χ1n) is 6.90. The Hall–Kier alpha value is -1.62. The molecule has 2 unspecified atom stereocenters. The quantitative estimate of drug-likeness (QED) is 0.888. The molecule has 1 aromatic carbocycles. The standard InChI is InChI=1S/C15H20FNO3/c1-20-12-5-6-13(14(16)8-12)15(19)17-9-10-3-2-4-11(18)7-10/h5-6,8,10-11,18H,2-4,7,9H2,1H3,(H,17,19). The maximum Gasteiger partial charge on any atom is 0.254 e. The molecule has 1 saturated carbocycles. The summed E-state index contributed by atoms with van der Waals surface area (Å²) in [6, 6.07) is 4.17. The van der Waals surface area contributed by atoms with Crippen molar-refractivity contribution in [1.29, 1.82) is 0 Å². The first kappa shape index (κ1) is 14.8. The SMILES string of the molecule is COc1ccc(C(=O)NCC2CCCC(O)C2)c(F)c1. The van der Waals surface area contributed by atoms with Gasteiger partial charge >= 0.3 is 0 Å². The maximum atomic E-state index is 13.7. The van der Waals surface area contributed by atoms with Crippen LogP contribution in [-0.4, -0.2) is 30.8 Å². The van der Waals surface area contributed by atoms with Crippen molar-refractivity contribution in [2.75, 3.05) is 13.7 Å². The van der Waals surface area contributed by atoms with E-state index in [-0.39, 0.29) is 17.6 Å². The van der Waals surface area contributed by atoms with Crippen molar-refractivity contribution in [3.05, 3.63) is 29.6 Å². The van der Waals surface area contributed by atoms with Crippen LogP contribution in [-0.2, 0) is 0 Å². The molecule has 0 bridgehead atoms. The van der Waals surface area contributed by atoms with Gasteiger partial charge in [0.05, 0.1) is 18.8 Å². The fourth-order valence-electron chi connectivity index (χ4n) is 2.59. The number of benzene rings is 1. The van der Waals surface area contributed by atoms with Crippen molar-refractivity contribution in [3.8, 4) is 5.75 Å². The molecular weight excluding hydrogens is 261 g/mol. The van der Waals surface area contributed by atoms with Crippen LogP contribution in [0.2, 0.25) is 0 Å². The first-order valence-corrected chi connectivity index (χ1v) is 6.90. The van der Waals surface area contributed by atoms with E-state index in [2.05, 4.69) is 5.32 Å². The van der Waals surface area contributed by atoms with Crippen molar-refractivity contribution in [2.45, 2.75) is 31.8 Å². The van der Waals surface area contributed by atoms with Gasteiger partial charge in [0.2, 0.25) is 0 Å². The van der Waals surface area contributed by atoms with Gasteiger partial charge < -0.3 is 15.2 Å². The van der Waals surface area contributed by atoms with Crippen molar-refractivity contribution in [1.82, 2.24) is 5.32 Å². The number of carbonyl (C=O) groups is 1. The minimum atomic E-state index is -0.592. The summed E-state index contributed by atoms with van der Waals surface area (Å²) < 4.78 is 18.6. The molecule has 1 aliphatic carbocycles. The van der Waals surface area contributed by atoms with Crippen LogP contribution in [0.15, 0.2) is 18.2 Å². The van der Waals surface area contributed by atoms with Crippen LogP contribution < -0.4 is 10.1 Å². The predicted molar refractivity (Wildman–Crippen MR) is 73.3 cm³/mol.